The molecule has 3 aromatic carbocycles. The highest BCUT2D eigenvalue weighted by Crippen LogP contribution is 2.29. The first-order valence-corrected chi connectivity index (χ1v) is 9.51. The molecule has 28 heavy (non-hydrogen) atoms. The van der Waals surface area contributed by atoms with Crippen LogP contribution in [0.1, 0.15) is 0 Å². The Kier molecular flexibility index (Phi) is 3.95. The molecule has 0 fully saturated rings. The number of nitrogens with zero attached hydrogens (tertiary/aromatic N) is 4. The van der Waals surface area contributed by atoms with Crippen LogP contribution in [0.25, 0.3) is 27.8 Å². The van der Waals surface area contributed by atoms with Gasteiger partial charge in [0, 0.05) is 32.2 Å². The van der Waals surface area contributed by atoms with E-state index in [-0.39, 0.29) is 0 Å². The van der Waals surface area contributed by atoms with E-state index in [2.05, 4.69) is 31.4 Å². The van der Waals surface area contributed by atoms with E-state index in [0.717, 1.165) is 43.6 Å². The van der Waals surface area contributed by atoms with Gasteiger partial charge in [0.05, 0.1) is 0 Å². The second-order valence-electron chi connectivity index (χ2n) is 6.41. The van der Waals surface area contributed by atoms with E-state index >= 15 is 0 Å². The zero-order valence-corrected chi connectivity index (χ0v) is 16.3. The van der Waals surface area contributed by atoms with Gasteiger partial charge in [0.1, 0.15) is 0 Å². The van der Waals surface area contributed by atoms with Gasteiger partial charge >= 0.3 is 0 Å². The van der Waals surface area contributed by atoms with Gasteiger partial charge < -0.3 is 11.1 Å². The fourth-order valence-corrected chi connectivity index (χ4v) is 3.42. The van der Waals surface area contributed by atoms with Crippen LogP contribution in [-0.2, 0) is 0 Å². The summed E-state index contributed by atoms with van der Waals surface area (Å²) in [4.78, 5) is 0. The number of aromatic nitrogens is 4. The van der Waals surface area contributed by atoms with Crippen molar-refractivity contribution in [2.24, 2.45) is 0 Å². The number of nitrogens with two attached hydrogens (primary N) is 1. The Hall–Kier alpha value is -3.45. The van der Waals surface area contributed by atoms with Crippen LogP contribution in [0.4, 0.5) is 17.2 Å². The summed E-state index contributed by atoms with van der Waals surface area (Å²) in [5.41, 5.74) is 9.08. The third-order valence-corrected chi connectivity index (χ3v) is 5.07. The third-order valence-electron chi connectivity index (χ3n) is 4.54. The molecule has 0 saturated carbocycles. The van der Waals surface area contributed by atoms with Gasteiger partial charge in [-0.25, -0.2) is 0 Å². The number of nitrogens with one attached hydrogen (secondary N) is 1. The van der Waals surface area contributed by atoms with E-state index in [1.807, 2.05) is 72.8 Å². The average molecular weight is 431 g/mol. The number of halogens is 1. The Balaban J connectivity index is 1.72. The quantitative estimate of drug-likeness (QED) is 0.392. The molecular formula is C21H15BrN6. The van der Waals surface area contributed by atoms with Crippen molar-refractivity contribution >= 4 is 49.5 Å². The van der Waals surface area contributed by atoms with Crippen LogP contribution in [0.15, 0.2) is 77.3 Å². The molecule has 0 aliphatic carbocycles. The topological polar surface area (TPSA) is 81.1 Å². The van der Waals surface area contributed by atoms with Gasteiger partial charge in [0.25, 0.3) is 0 Å². The van der Waals surface area contributed by atoms with Crippen LogP contribution in [0, 0.1) is 0 Å². The standard InChI is InChI=1S/C21H15BrN6/c22-14-7-5-13(6-8-14)20-25-26-21-18-4-2-1-3-17(18)19(27-28(20)21)24-16-11-9-15(23)10-12-16/h1-12H,23H2,(H,24,27). The summed E-state index contributed by atoms with van der Waals surface area (Å²) in [5.74, 6) is 1.42. The van der Waals surface area contributed by atoms with Gasteiger partial charge in [-0.1, -0.05) is 52.3 Å². The first-order valence-electron chi connectivity index (χ1n) is 8.72. The average Bonchev–Trinajstić information content (AvgIpc) is 3.14. The van der Waals surface area contributed by atoms with Crippen LogP contribution in [0.2, 0.25) is 0 Å². The molecule has 0 bridgehead atoms. The predicted molar refractivity (Wildman–Crippen MR) is 116 cm³/mol. The molecule has 5 rings (SSSR count). The van der Waals surface area contributed by atoms with Gasteiger partial charge in [-0.2, -0.15) is 4.52 Å². The molecule has 0 amide bonds. The van der Waals surface area contributed by atoms with Crippen molar-refractivity contribution < 1.29 is 0 Å². The molecule has 6 nitrogen and oxygen atoms in total. The molecule has 136 valence electrons. The number of rotatable bonds is 3. The molecular weight excluding hydrogens is 416 g/mol. The van der Waals surface area contributed by atoms with E-state index in [9.17, 15) is 0 Å². The molecule has 2 aromatic heterocycles. The second kappa shape index (κ2) is 6.61. The Morgan fingerprint density at radius 3 is 2.29 bits per heavy atom. The Bertz CT molecular complexity index is 1290. The minimum atomic E-state index is 0.689. The maximum Gasteiger partial charge on any atom is 0.186 e. The highest BCUT2D eigenvalue weighted by Gasteiger charge is 2.15. The molecule has 2 heterocycles. The number of hydrogen-bond donors (Lipinski definition) is 2. The Morgan fingerprint density at radius 2 is 1.54 bits per heavy atom. The van der Waals surface area contributed by atoms with Crippen LogP contribution < -0.4 is 11.1 Å². The lowest BCUT2D eigenvalue weighted by Crippen LogP contribution is -2.02. The summed E-state index contributed by atoms with van der Waals surface area (Å²) in [6.45, 7) is 0. The molecule has 0 aliphatic rings. The maximum atomic E-state index is 5.80. The normalized spacial score (nSPS) is 11.2. The van der Waals surface area contributed by atoms with E-state index in [1.54, 1.807) is 4.52 Å². The highest BCUT2D eigenvalue weighted by atomic mass is 79.9. The molecule has 0 aliphatic heterocycles. The molecule has 3 N–H and O–H groups in total. The van der Waals surface area contributed by atoms with E-state index in [1.165, 1.54) is 0 Å². The van der Waals surface area contributed by atoms with Crippen LogP contribution in [-0.4, -0.2) is 19.8 Å². The van der Waals surface area contributed by atoms with Crippen LogP contribution >= 0.6 is 15.9 Å². The molecule has 0 unspecified atom stereocenters. The van der Waals surface area contributed by atoms with Crippen molar-refractivity contribution in [2.45, 2.75) is 0 Å². The number of anilines is 3. The fraction of sp³-hybridized carbons (Fsp3) is 0. The predicted octanol–water partition coefficient (Wildman–Crippen LogP) is 5.03. The summed E-state index contributed by atoms with van der Waals surface area (Å²) in [5, 5.41) is 19.0. The monoisotopic (exact) mass is 430 g/mol. The summed E-state index contributed by atoms with van der Waals surface area (Å²) < 4.78 is 2.79. The SMILES string of the molecule is Nc1ccc(Nc2nn3c(-c4ccc(Br)cc4)nnc3c3ccccc23)cc1. The van der Waals surface area contributed by atoms with Crippen molar-refractivity contribution in [2.75, 3.05) is 11.1 Å². The molecule has 0 saturated heterocycles. The van der Waals surface area contributed by atoms with Crippen molar-refractivity contribution in [3.05, 3.63) is 77.3 Å². The third kappa shape index (κ3) is 2.86. The Morgan fingerprint density at radius 1 is 0.821 bits per heavy atom. The second-order valence-corrected chi connectivity index (χ2v) is 7.32. The first-order chi connectivity index (χ1) is 13.7. The van der Waals surface area contributed by atoms with E-state index < -0.39 is 0 Å². The first kappa shape index (κ1) is 16.7. The lowest BCUT2D eigenvalue weighted by atomic mass is 10.1. The lowest BCUT2D eigenvalue weighted by Gasteiger charge is -2.11. The zero-order chi connectivity index (χ0) is 19.1. The Labute approximate surface area is 169 Å². The molecule has 7 heteroatoms. The minimum Gasteiger partial charge on any atom is -0.399 e. The smallest absolute Gasteiger partial charge is 0.186 e. The van der Waals surface area contributed by atoms with Crippen LogP contribution in [0.5, 0.6) is 0 Å². The number of fused-ring (bicyclic) bond motifs is 3. The summed E-state index contributed by atoms with van der Waals surface area (Å²) in [6, 6.07) is 23.5. The molecule has 0 radical (unpaired) electrons. The van der Waals surface area contributed by atoms with Crippen molar-refractivity contribution in [3.63, 3.8) is 0 Å². The summed E-state index contributed by atoms with van der Waals surface area (Å²) >= 11 is 3.47. The van der Waals surface area contributed by atoms with Gasteiger partial charge in [-0.15, -0.1) is 15.3 Å². The van der Waals surface area contributed by atoms with Crippen molar-refractivity contribution in [1.82, 2.24) is 19.8 Å². The minimum absolute atomic E-state index is 0.689. The lowest BCUT2D eigenvalue weighted by molar-refractivity contribution is 0.951. The number of nitrogen functional groups attached to an aromatic ring is 1. The van der Waals surface area contributed by atoms with E-state index in [4.69, 9.17) is 10.8 Å². The van der Waals surface area contributed by atoms with Crippen LogP contribution in [0.3, 0.4) is 0 Å². The maximum absolute atomic E-state index is 5.80. The molecule has 0 atom stereocenters. The van der Waals surface area contributed by atoms with E-state index in [0.29, 0.717) is 5.82 Å². The molecule has 0 spiro atoms. The largest absolute Gasteiger partial charge is 0.399 e. The molecule has 5 aromatic rings. The number of hydrogen-bond acceptors (Lipinski definition) is 5. The van der Waals surface area contributed by atoms with Gasteiger partial charge in [0.15, 0.2) is 17.3 Å². The summed E-state index contributed by atoms with van der Waals surface area (Å²) in [6.07, 6.45) is 0. The highest BCUT2D eigenvalue weighted by molar-refractivity contribution is 9.10. The van der Waals surface area contributed by atoms with Gasteiger partial charge in [-0.05, 0) is 36.4 Å². The fourth-order valence-electron chi connectivity index (χ4n) is 3.16. The van der Waals surface area contributed by atoms with Crippen molar-refractivity contribution in [1.29, 1.82) is 0 Å². The van der Waals surface area contributed by atoms with Gasteiger partial charge in [-0.3, -0.25) is 0 Å². The summed E-state index contributed by atoms with van der Waals surface area (Å²) in [7, 11) is 0. The number of benzene rings is 3. The zero-order valence-electron chi connectivity index (χ0n) is 14.7. The van der Waals surface area contributed by atoms with Crippen molar-refractivity contribution in [3.8, 4) is 11.4 Å². The van der Waals surface area contributed by atoms with Gasteiger partial charge in [0.2, 0.25) is 0 Å².